The molecule has 0 aromatic heterocycles. The molecule has 0 unspecified atom stereocenters. The van der Waals surface area contributed by atoms with Gasteiger partial charge in [0, 0.05) is 29.2 Å². The van der Waals surface area contributed by atoms with Crippen LogP contribution < -0.4 is 9.47 Å². The monoisotopic (exact) mass is 485 g/mol. The summed E-state index contributed by atoms with van der Waals surface area (Å²) in [5.74, 6) is 1.33. The molecule has 178 valence electrons. The molecule has 5 heteroatoms. The maximum absolute atomic E-state index is 13.7. The number of carbonyl (C=O) groups is 1. The second-order valence-electron chi connectivity index (χ2n) is 8.36. The number of halogens is 1. The third-order valence-corrected chi connectivity index (χ3v) is 6.19. The van der Waals surface area contributed by atoms with Crippen LogP contribution in [-0.4, -0.2) is 17.9 Å². The summed E-state index contributed by atoms with van der Waals surface area (Å²) < 4.78 is 11.5. The van der Waals surface area contributed by atoms with Gasteiger partial charge in [0.1, 0.15) is 18.1 Å². The number of ether oxygens (including phenoxy) is 2. The van der Waals surface area contributed by atoms with Gasteiger partial charge in [0.05, 0.1) is 7.11 Å². The first-order chi connectivity index (χ1) is 17.0. The number of hydrogen-bond donors (Lipinski definition) is 0. The summed E-state index contributed by atoms with van der Waals surface area (Å²) in [6.45, 7) is 3.22. The molecule has 4 aromatic carbocycles. The topological polar surface area (TPSA) is 38.8 Å². The quantitative estimate of drug-likeness (QED) is 0.254. The minimum absolute atomic E-state index is 0.0519. The minimum Gasteiger partial charge on any atom is -0.496 e. The number of methoxy groups -OCH3 is 1. The van der Waals surface area contributed by atoms with Gasteiger partial charge in [-0.3, -0.25) is 4.79 Å². The van der Waals surface area contributed by atoms with E-state index in [-0.39, 0.29) is 12.5 Å². The molecule has 0 saturated carbocycles. The highest BCUT2D eigenvalue weighted by Gasteiger charge is 2.19. The van der Waals surface area contributed by atoms with Crippen LogP contribution in [0.15, 0.2) is 97.1 Å². The Bertz CT molecular complexity index is 1230. The van der Waals surface area contributed by atoms with E-state index in [0.29, 0.717) is 35.2 Å². The smallest absolute Gasteiger partial charge is 0.254 e. The van der Waals surface area contributed by atoms with E-state index in [9.17, 15) is 4.79 Å². The van der Waals surface area contributed by atoms with E-state index in [4.69, 9.17) is 21.1 Å². The number of benzene rings is 4. The predicted octanol–water partition coefficient (Wildman–Crippen LogP) is 7.08. The fourth-order valence-electron chi connectivity index (χ4n) is 3.88. The van der Waals surface area contributed by atoms with Gasteiger partial charge in [-0.1, -0.05) is 72.3 Å². The molecule has 4 nitrogen and oxygen atoms in total. The van der Waals surface area contributed by atoms with Crippen LogP contribution in [0.5, 0.6) is 11.5 Å². The lowest BCUT2D eigenvalue weighted by Crippen LogP contribution is -2.30. The van der Waals surface area contributed by atoms with Crippen molar-refractivity contribution < 1.29 is 14.3 Å². The second-order valence-corrected chi connectivity index (χ2v) is 8.77. The van der Waals surface area contributed by atoms with Gasteiger partial charge in [-0.2, -0.15) is 0 Å². The summed E-state index contributed by atoms with van der Waals surface area (Å²) in [7, 11) is 1.61. The van der Waals surface area contributed by atoms with E-state index in [1.807, 2.05) is 103 Å². The molecule has 0 bridgehead atoms. The Morgan fingerprint density at radius 1 is 0.829 bits per heavy atom. The summed E-state index contributed by atoms with van der Waals surface area (Å²) >= 11 is 6.13. The first kappa shape index (κ1) is 24.4. The number of aryl methyl sites for hydroxylation is 1. The first-order valence-electron chi connectivity index (χ1n) is 11.5. The normalized spacial score (nSPS) is 10.6. The highest BCUT2D eigenvalue weighted by Crippen LogP contribution is 2.26. The van der Waals surface area contributed by atoms with Crippen LogP contribution in [0.25, 0.3) is 0 Å². The molecular weight excluding hydrogens is 458 g/mol. The number of amides is 1. The molecule has 0 aliphatic carbocycles. The number of nitrogens with zero attached hydrogens (tertiary/aromatic N) is 1. The molecule has 0 spiro atoms. The van der Waals surface area contributed by atoms with Crippen LogP contribution in [0.3, 0.4) is 0 Å². The summed E-state index contributed by atoms with van der Waals surface area (Å²) in [6.07, 6.45) is 0. The van der Waals surface area contributed by atoms with Crippen LogP contribution >= 0.6 is 11.6 Å². The Kier molecular flexibility index (Phi) is 8.07. The highest BCUT2D eigenvalue weighted by atomic mass is 35.5. The summed E-state index contributed by atoms with van der Waals surface area (Å²) in [5.41, 5.74) is 4.48. The van der Waals surface area contributed by atoms with Crippen molar-refractivity contribution in [3.63, 3.8) is 0 Å². The second kappa shape index (κ2) is 11.6. The zero-order chi connectivity index (χ0) is 24.6. The van der Waals surface area contributed by atoms with Crippen molar-refractivity contribution >= 4 is 17.5 Å². The zero-order valence-electron chi connectivity index (χ0n) is 19.9. The average Bonchev–Trinajstić information content (AvgIpc) is 2.89. The largest absolute Gasteiger partial charge is 0.496 e. The molecule has 0 fully saturated rings. The third kappa shape index (κ3) is 6.43. The molecule has 0 heterocycles. The molecule has 0 atom stereocenters. The average molecular weight is 486 g/mol. The van der Waals surface area contributed by atoms with Crippen LogP contribution in [0, 0.1) is 6.92 Å². The van der Waals surface area contributed by atoms with Crippen molar-refractivity contribution in [3.8, 4) is 11.5 Å². The maximum Gasteiger partial charge on any atom is 0.254 e. The highest BCUT2D eigenvalue weighted by molar-refractivity contribution is 6.31. The van der Waals surface area contributed by atoms with Gasteiger partial charge >= 0.3 is 0 Å². The van der Waals surface area contributed by atoms with Gasteiger partial charge < -0.3 is 14.4 Å². The predicted molar refractivity (Wildman–Crippen MR) is 140 cm³/mol. The minimum atomic E-state index is -0.0519. The van der Waals surface area contributed by atoms with Crippen molar-refractivity contribution in [2.75, 3.05) is 7.11 Å². The molecule has 0 aliphatic rings. The lowest BCUT2D eigenvalue weighted by Gasteiger charge is -2.24. The Morgan fingerprint density at radius 2 is 1.46 bits per heavy atom. The van der Waals surface area contributed by atoms with Crippen molar-refractivity contribution in [1.82, 2.24) is 4.90 Å². The fraction of sp³-hybridized carbons (Fsp3) is 0.167. The lowest BCUT2D eigenvalue weighted by atomic mass is 10.1. The molecular formula is C30H28ClNO3. The number of hydrogen-bond acceptors (Lipinski definition) is 3. The Hall–Kier alpha value is -3.76. The summed E-state index contributed by atoms with van der Waals surface area (Å²) in [6, 6.07) is 31.1. The van der Waals surface area contributed by atoms with E-state index in [0.717, 1.165) is 22.3 Å². The van der Waals surface area contributed by atoms with Gasteiger partial charge in [-0.15, -0.1) is 0 Å². The Morgan fingerprint density at radius 3 is 2.03 bits per heavy atom. The Labute approximate surface area is 211 Å². The van der Waals surface area contributed by atoms with Gasteiger partial charge in [-0.05, 0) is 60.0 Å². The lowest BCUT2D eigenvalue weighted by molar-refractivity contribution is 0.0730. The molecule has 35 heavy (non-hydrogen) atoms. The van der Waals surface area contributed by atoms with Crippen LogP contribution in [0.4, 0.5) is 0 Å². The van der Waals surface area contributed by atoms with Gasteiger partial charge in [0.25, 0.3) is 5.91 Å². The number of carbonyl (C=O) groups excluding carboxylic acids is 1. The van der Waals surface area contributed by atoms with Gasteiger partial charge in [0.2, 0.25) is 0 Å². The van der Waals surface area contributed by atoms with E-state index in [1.54, 1.807) is 13.2 Å². The molecule has 0 saturated heterocycles. The van der Waals surface area contributed by atoms with Gasteiger partial charge in [0.15, 0.2) is 0 Å². The van der Waals surface area contributed by atoms with Crippen molar-refractivity contribution in [3.05, 3.63) is 130 Å². The van der Waals surface area contributed by atoms with E-state index in [2.05, 4.69) is 0 Å². The molecule has 4 rings (SSSR count). The molecule has 4 aromatic rings. The van der Waals surface area contributed by atoms with Crippen LogP contribution in [0.2, 0.25) is 5.02 Å². The SMILES string of the molecule is COc1ccc(C(=O)N(Cc2ccccc2)Cc2ccccc2)cc1COc1ccc(Cl)c(C)c1. The van der Waals surface area contributed by atoms with Crippen LogP contribution in [0.1, 0.15) is 32.6 Å². The number of rotatable bonds is 9. The van der Waals surface area contributed by atoms with E-state index < -0.39 is 0 Å². The summed E-state index contributed by atoms with van der Waals surface area (Å²) in [4.78, 5) is 15.6. The molecule has 0 aliphatic heterocycles. The van der Waals surface area contributed by atoms with Crippen molar-refractivity contribution in [1.29, 1.82) is 0 Å². The Balaban J connectivity index is 1.58. The first-order valence-corrected chi connectivity index (χ1v) is 11.8. The van der Waals surface area contributed by atoms with Crippen LogP contribution in [-0.2, 0) is 19.7 Å². The molecule has 0 radical (unpaired) electrons. The third-order valence-electron chi connectivity index (χ3n) is 5.77. The van der Waals surface area contributed by atoms with Crippen molar-refractivity contribution in [2.24, 2.45) is 0 Å². The van der Waals surface area contributed by atoms with Crippen molar-refractivity contribution in [2.45, 2.75) is 26.6 Å². The summed E-state index contributed by atoms with van der Waals surface area (Å²) in [5, 5.41) is 0.694. The maximum atomic E-state index is 13.7. The van der Waals surface area contributed by atoms with E-state index >= 15 is 0 Å². The zero-order valence-corrected chi connectivity index (χ0v) is 20.7. The standard InChI is InChI=1S/C30H28ClNO3/c1-22-17-27(14-15-28(22)31)35-21-26-18-25(13-16-29(26)34-2)30(33)32(19-23-9-5-3-6-10-23)20-24-11-7-4-8-12-24/h3-18H,19-21H2,1-2H3. The fourth-order valence-corrected chi connectivity index (χ4v) is 4.00. The molecule has 1 amide bonds. The van der Waals surface area contributed by atoms with Gasteiger partial charge in [-0.25, -0.2) is 0 Å². The van der Waals surface area contributed by atoms with E-state index in [1.165, 1.54) is 0 Å². The molecule has 0 N–H and O–H groups in total.